The smallest absolute Gasteiger partial charge is 0.416 e. The molecule has 0 spiro atoms. The second-order valence-electron chi connectivity index (χ2n) is 7.33. The fraction of sp³-hybridized carbons (Fsp3) is 0.125. The Morgan fingerprint density at radius 3 is 2.24 bits per heavy atom. The summed E-state index contributed by atoms with van der Waals surface area (Å²) in [6.07, 6.45) is -4.40. The average Bonchev–Trinajstić information content (AvgIpc) is 3.12. The first-order chi connectivity index (χ1) is 15.6. The lowest BCUT2D eigenvalue weighted by Gasteiger charge is -2.12. The van der Waals surface area contributed by atoms with Crippen molar-refractivity contribution in [3.8, 4) is 5.75 Å². The van der Waals surface area contributed by atoms with Gasteiger partial charge < -0.3 is 14.4 Å². The molecule has 0 bridgehead atoms. The predicted octanol–water partition coefficient (Wildman–Crippen LogP) is 7.29. The minimum Gasteiger partial charge on any atom is -0.489 e. The van der Waals surface area contributed by atoms with Crippen LogP contribution in [-0.2, 0) is 19.3 Å². The zero-order valence-electron chi connectivity index (χ0n) is 16.9. The predicted molar refractivity (Wildman–Crippen MR) is 120 cm³/mol. The van der Waals surface area contributed by atoms with Crippen LogP contribution < -0.4 is 4.74 Å². The molecule has 0 unspecified atom stereocenters. The maximum atomic E-state index is 12.7. The molecule has 4 rings (SSSR count). The molecule has 0 aliphatic heterocycles. The highest BCUT2D eigenvalue weighted by molar-refractivity contribution is 6.36. The molecule has 4 aromatic rings. The molecule has 1 N–H and O–H groups in total. The molecule has 9 heteroatoms. The fourth-order valence-electron chi connectivity index (χ4n) is 3.48. The number of nitrogens with zero attached hydrogens (tertiary/aromatic N) is 1. The Morgan fingerprint density at radius 2 is 1.64 bits per heavy atom. The molecule has 0 atom stereocenters. The lowest BCUT2D eigenvalue weighted by molar-refractivity contribution is -0.137. The molecule has 0 fully saturated rings. The number of rotatable bonds is 6. The van der Waals surface area contributed by atoms with Crippen LogP contribution in [0.2, 0.25) is 10.0 Å². The third-order valence-corrected chi connectivity index (χ3v) is 5.86. The van der Waals surface area contributed by atoms with E-state index in [1.165, 1.54) is 18.2 Å². The lowest BCUT2D eigenvalue weighted by atomic mass is 10.1. The van der Waals surface area contributed by atoms with Crippen LogP contribution in [0.4, 0.5) is 13.2 Å². The summed E-state index contributed by atoms with van der Waals surface area (Å²) < 4.78 is 45.4. The van der Waals surface area contributed by atoms with Gasteiger partial charge in [0.15, 0.2) is 0 Å². The van der Waals surface area contributed by atoms with Crippen molar-refractivity contribution in [1.82, 2.24) is 4.57 Å². The summed E-state index contributed by atoms with van der Waals surface area (Å²) >= 11 is 12.5. The minimum atomic E-state index is -4.40. The van der Waals surface area contributed by atoms with Crippen LogP contribution in [0.15, 0.2) is 66.7 Å². The number of carboxylic acids is 1. The molecule has 0 amide bonds. The molecule has 0 aliphatic rings. The lowest BCUT2D eigenvalue weighted by Crippen LogP contribution is -2.10. The summed E-state index contributed by atoms with van der Waals surface area (Å²) in [6.45, 7) is 0.223. The van der Waals surface area contributed by atoms with Crippen molar-refractivity contribution in [1.29, 1.82) is 0 Å². The number of benzene rings is 3. The van der Waals surface area contributed by atoms with Crippen molar-refractivity contribution >= 4 is 40.1 Å². The zero-order chi connectivity index (χ0) is 23.8. The Labute approximate surface area is 196 Å². The molecule has 170 valence electrons. The van der Waals surface area contributed by atoms with E-state index in [0.29, 0.717) is 37.8 Å². The van der Waals surface area contributed by atoms with Crippen molar-refractivity contribution in [2.24, 2.45) is 0 Å². The van der Waals surface area contributed by atoms with Crippen LogP contribution in [-0.4, -0.2) is 15.6 Å². The Hall–Kier alpha value is -3.16. The number of aromatic nitrogens is 1. The van der Waals surface area contributed by atoms with E-state index in [4.69, 9.17) is 27.9 Å². The molecule has 0 saturated heterocycles. The fourth-order valence-corrected chi connectivity index (χ4v) is 4.00. The first kappa shape index (κ1) is 23.0. The topological polar surface area (TPSA) is 51.5 Å². The van der Waals surface area contributed by atoms with E-state index >= 15 is 0 Å². The number of fused-ring (bicyclic) bond motifs is 1. The van der Waals surface area contributed by atoms with Crippen LogP contribution >= 0.6 is 23.2 Å². The van der Waals surface area contributed by atoms with Gasteiger partial charge in [-0.3, -0.25) is 0 Å². The Bertz CT molecular complexity index is 1310. The third-order valence-electron chi connectivity index (χ3n) is 5.16. The largest absolute Gasteiger partial charge is 0.489 e. The summed E-state index contributed by atoms with van der Waals surface area (Å²) in [5.74, 6) is -0.658. The highest BCUT2D eigenvalue weighted by atomic mass is 35.5. The summed E-state index contributed by atoms with van der Waals surface area (Å²) in [6, 6.07) is 16.4. The number of carboxylic acid groups (broad SMARTS) is 1. The Morgan fingerprint density at radius 1 is 0.970 bits per heavy atom. The van der Waals surface area contributed by atoms with E-state index in [-0.39, 0.29) is 18.8 Å². The summed E-state index contributed by atoms with van der Waals surface area (Å²) in [4.78, 5) is 11.8. The number of halogens is 5. The molecular formula is C24H16Cl2F3NO3. The van der Waals surface area contributed by atoms with Gasteiger partial charge in [-0.15, -0.1) is 0 Å². The average molecular weight is 494 g/mol. The highest BCUT2D eigenvalue weighted by Crippen LogP contribution is 2.31. The van der Waals surface area contributed by atoms with Crippen molar-refractivity contribution in [3.05, 3.63) is 99.2 Å². The normalized spacial score (nSPS) is 11.7. The summed E-state index contributed by atoms with van der Waals surface area (Å²) in [7, 11) is 0. The van der Waals surface area contributed by atoms with Gasteiger partial charge >= 0.3 is 12.1 Å². The maximum Gasteiger partial charge on any atom is 0.416 e. The number of aromatic carboxylic acids is 1. The quantitative estimate of drug-likeness (QED) is 0.306. The number of hydrogen-bond donors (Lipinski definition) is 1. The minimum absolute atomic E-state index is 0.0564. The SMILES string of the molecule is O=C(O)c1cc2cc(OCc3ccc(C(F)(F)F)cc3)ccc2n1Cc1c(Cl)cccc1Cl. The first-order valence-electron chi connectivity index (χ1n) is 9.72. The van der Waals surface area contributed by atoms with E-state index in [2.05, 4.69) is 0 Å². The van der Waals surface area contributed by atoms with Crippen molar-refractivity contribution < 1.29 is 27.8 Å². The zero-order valence-corrected chi connectivity index (χ0v) is 18.4. The molecule has 1 heterocycles. The molecule has 33 heavy (non-hydrogen) atoms. The maximum absolute atomic E-state index is 12.7. The molecule has 4 nitrogen and oxygen atoms in total. The number of carbonyl (C=O) groups is 1. The summed E-state index contributed by atoms with van der Waals surface area (Å²) in [5.41, 5.74) is 1.14. The summed E-state index contributed by atoms with van der Waals surface area (Å²) in [5, 5.41) is 11.2. The van der Waals surface area contributed by atoms with Gasteiger partial charge in [0.2, 0.25) is 0 Å². The molecule has 3 aromatic carbocycles. The molecule has 0 saturated carbocycles. The van der Waals surface area contributed by atoms with Crippen molar-refractivity contribution in [3.63, 3.8) is 0 Å². The number of ether oxygens (including phenoxy) is 1. The monoisotopic (exact) mass is 493 g/mol. The van der Waals surface area contributed by atoms with Gasteiger partial charge in [-0.25, -0.2) is 4.79 Å². The van der Waals surface area contributed by atoms with E-state index in [9.17, 15) is 23.1 Å². The standard InChI is InChI=1S/C24H16Cl2F3NO3/c25-19-2-1-3-20(26)18(19)12-30-21-9-8-17(10-15(21)11-22(30)23(31)32)33-13-14-4-6-16(7-5-14)24(27,28)29/h1-11H,12-13H2,(H,31,32). The van der Waals surface area contributed by atoms with Crippen LogP contribution in [0.5, 0.6) is 5.75 Å². The number of hydrogen-bond acceptors (Lipinski definition) is 2. The molecule has 1 aromatic heterocycles. The van der Waals surface area contributed by atoms with Gasteiger partial charge in [-0.1, -0.05) is 41.4 Å². The van der Waals surface area contributed by atoms with Crippen molar-refractivity contribution in [2.45, 2.75) is 19.3 Å². The Kier molecular flexibility index (Phi) is 6.28. The first-order valence-corrected chi connectivity index (χ1v) is 10.5. The van der Waals surface area contributed by atoms with Crippen molar-refractivity contribution in [2.75, 3.05) is 0 Å². The molecule has 0 radical (unpaired) electrons. The van der Waals surface area contributed by atoms with E-state index in [0.717, 1.165) is 12.1 Å². The third kappa shape index (κ3) is 4.94. The van der Waals surface area contributed by atoms with Crippen LogP contribution in [0.1, 0.15) is 27.2 Å². The van der Waals surface area contributed by atoms with Crippen LogP contribution in [0, 0.1) is 0 Å². The van der Waals surface area contributed by atoms with E-state index in [1.807, 2.05) is 0 Å². The van der Waals surface area contributed by atoms with E-state index in [1.54, 1.807) is 41.0 Å². The Balaban J connectivity index is 1.60. The van der Waals surface area contributed by atoms with Crippen LogP contribution in [0.3, 0.4) is 0 Å². The highest BCUT2D eigenvalue weighted by Gasteiger charge is 2.29. The van der Waals surface area contributed by atoms with Gasteiger partial charge in [-0.2, -0.15) is 13.2 Å². The molecule has 0 aliphatic carbocycles. The van der Waals surface area contributed by atoms with Gasteiger partial charge in [0.25, 0.3) is 0 Å². The molecular weight excluding hydrogens is 478 g/mol. The van der Waals surface area contributed by atoms with Gasteiger partial charge in [0.05, 0.1) is 12.1 Å². The second kappa shape index (κ2) is 9.00. The van der Waals surface area contributed by atoms with Gasteiger partial charge in [0, 0.05) is 26.5 Å². The second-order valence-corrected chi connectivity index (χ2v) is 8.14. The van der Waals surface area contributed by atoms with Gasteiger partial charge in [0.1, 0.15) is 18.1 Å². The van der Waals surface area contributed by atoms with Crippen LogP contribution in [0.25, 0.3) is 10.9 Å². The van der Waals surface area contributed by atoms with Gasteiger partial charge in [-0.05, 0) is 54.1 Å². The number of alkyl halides is 3. The van der Waals surface area contributed by atoms with E-state index < -0.39 is 17.7 Å².